The summed E-state index contributed by atoms with van der Waals surface area (Å²) in [4.78, 5) is 30.0. The summed E-state index contributed by atoms with van der Waals surface area (Å²) in [5.41, 5.74) is 0.962. The first kappa shape index (κ1) is 11.4. The number of carbonyl (C=O) groups excluding carboxylic acids is 1. The molecule has 0 atom stereocenters. The molecule has 2 heterocycles. The van der Waals surface area contributed by atoms with Gasteiger partial charge in [0.15, 0.2) is 12.0 Å². The molecule has 1 N–H and O–H groups in total. The van der Waals surface area contributed by atoms with Gasteiger partial charge in [0.05, 0.1) is 15.6 Å². The van der Waals surface area contributed by atoms with Crippen molar-refractivity contribution < 1.29 is 14.7 Å². The number of pyridine rings is 1. The number of carboxylic acids is 1. The second-order valence-corrected chi connectivity index (χ2v) is 4.51. The monoisotopic (exact) mass is 248 g/mol. The smallest absolute Gasteiger partial charge is 0.356 e. The van der Waals surface area contributed by atoms with Gasteiger partial charge in [-0.2, -0.15) is 0 Å². The van der Waals surface area contributed by atoms with Gasteiger partial charge in [0.1, 0.15) is 0 Å². The molecule has 0 aliphatic heterocycles. The SMILES string of the molecule is Cc1nc(C(=O)O)c(-c2ccc(C=O)cn2)s1. The van der Waals surface area contributed by atoms with Crippen LogP contribution in [0.2, 0.25) is 0 Å². The molecule has 0 aliphatic carbocycles. The number of aromatic carboxylic acids is 1. The lowest BCUT2D eigenvalue weighted by Crippen LogP contribution is -1.99. The summed E-state index contributed by atoms with van der Waals surface area (Å²) in [5.74, 6) is -1.08. The van der Waals surface area contributed by atoms with Crippen LogP contribution in [0, 0.1) is 6.92 Å². The summed E-state index contributed by atoms with van der Waals surface area (Å²) in [6.07, 6.45) is 2.09. The topological polar surface area (TPSA) is 80.1 Å². The maximum atomic E-state index is 11.0. The number of aromatic nitrogens is 2. The highest BCUT2D eigenvalue weighted by molar-refractivity contribution is 7.15. The van der Waals surface area contributed by atoms with Crippen LogP contribution in [0.15, 0.2) is 18.3 Å². The van der Waals surface area contributed by atoms with Gasteiger partial charge in [0.2, 0.25) is 0 Å². The van der Waals surface area contributed by atoms with E-state index in [0.29, 0.717) is 27.4 Å². The lowest BCUT2D eigenvalue weighted by atomic mass is 10.2. The molecule has 86 valence electrons. The van der Waals surface area contributed by atoms with Crippen LogP contribution in [0.25, 0.3) is 10.6 Å². The van der Waals surface area contributed by atoms with Crippen LogP contribution >= 0.6 is 11.3 Å². The van der Waals surface area contributed by atoms with Crippen LogP contribution in [-0.4, -0.2) is 27.3 Å². The predicted octanol–water partition coefficient (Wildman–Crippen LogP) is 2.02. The van der Waals surface area contributed by atoms with Crippen molar-refractivity contribution in [2.75, 3.05) is 0 Å². The van der Waals surface area contributed by atoms with Crippen LogP contribution in [0.3, 0.4) is 0 Å². The Morgan fingerprint density at radius 1 is 1.47 bits per heavy atom. The van der Waals surface area contributed by atoms with E-state index in [-0.39, 0.29) is 5.69 Å². The maximum absolute atomic E-state index is 11.0. The number of hydrogen-bond donors (Lipinski definition) is 1. The van der Waals surface area contributed by atoms with Crippen LogP contribution in [0.4, 0.5) is 0 Å². The van der Waals surface area contributed by atoms with Gasteiger partial charge in [0.25, 0.3) is 0 Å². The minimum absolute atomic E-state index is 0.00106. The van der Waals surface area contributed by atoms with E-state index in [9.17, 15) is 9.59 Å². The molecule has 2 rings (SSSR count). The number of carbonyl (C=O) groups is 2. The van der Waals surface area contributed by atoms with Crippen LogP contribution in [-0.2, 0) is 0 Å². The van der Waals surface area contributed by atoms with Crippen molar-refractivity contribution in [1.29, 1.82) is 0 Å². The van der Waals surface area contributed by atoms with Crippen molar-refractivity contribution in [2.24, 2.45) is 0 Å². The normalized spacial score (nSPS) is 10.2. The third-order valence-electron chi connectivity index (χ3n) is 2.09. The number of rotatable bonds is 3. The summed E-state index contributed by atoms with van der Waals surface area (Å²) in [6.45, 7) is 1.74. The van der Waals surface area contributed by atoms with Crippen molar-refractivity contribution in [3.63, 3.8) is 0 Å². The zero-order chi connectivity index (χ0) is 12.4. The first-order valence-corrected chi connectivity index (χ1v) is 5.56. The molecule has 17 heavy (non-hydrogen) atoms. The molecule has 6 heteroatoms. The number of nitrogens with zero attached hydrogens (tertiary/aromatic N) is 2. The van der Waals surface area contributed by atoms with Gasteiger partial charge < -0.3 is 5.11 Å². The van der Waals surface area contributed by atoms with Crippen molar-refractivity contribution in [1.82, 2.24) is 9.97 Å². The van der Waals surface area contributed by atoms with Crippen LogP contribution < -0.4 is 0 Å². The second kappa shape index (κ2) is 4.42. The zero-order valence-electron chi connectivity index (χ0n) is 8.88. The Morgan fingerprint density at radius 3 is 2.76 bits per heavy atom. The van der Waals surface area contributed by atoms with Gasteiger partial charge >= 0.3 is 5.97 Å². The minimum atomic E-state index is -1.08. The van der Waals surface area contributed by atoms with Crippen molar-refractivity contribution in [3.05, 3.63) is 34.6 Å². The fourth-order valence-corrected chi connectivity index (χ4v) is 2.24. The van der Waals surface area contributed by atoms with Crippen molar-refractivity contribution in [3.8, 4) is 10.6 Å². The molecule has 2 aromatic rings. The molecule has 0 radical (unpaired) electrons. The van der Waals surface area contributed by atoms with Gasteiger partial charge in [-0.25, -0.2) is 9.78 Å². The zero-order valence-corrected chi connectivity index (χ0v) is 9.69. The number of hydrogen-bond acceptors (Lipinski definition) is 5. The number of thiazole rings is 1. The Labute approximate surface area is 101 Å². The van der Waals surface area contributed by atoms with E-state index in [1.54, 1.807) is 19.1 Å². The molecule has 0 saturated carbocycles. The van der Waals surface area contributed by atoms with Crippen molar-refractivity contribution in [2.45, 2.75) is 6.92 Å². The predicted molar refractivity (Wildman–Crippen MR) is 62.4 cm³/mol. The first-order valence-electron chi connectivity index (χ1n) is 4.74. The van der Waals surface area contributed by atoms with E-state index < -0.39 is 5.97 Å². The highest BCUT2D eigenvalue weighted by Crippen LogP contribution is 2.28. The molecule has 5 nitrogen and oxygen atoms in total. The number of aldehydes is 1. The summed E-state index contributed by atoms with van der Waals surface area (Å²) < 4.78 is 0. The molecular formula is C11H8N2O3S. The fourth-order valence-electron chi connectivity index (χ4n) is 1.35. The summed E-state index contributed by atoms with van der Waals surface area (Å²) in [6, 6.07) is 3.21. The van der Waals surface area contributed by atoms with Crippen LogP contribution in [0.1, 0.15) is 25.9 Å². The second-order valence-electron chi connectivity index (χ2n) is 3.31. The molecule has 0 aromatic carbocycles. The largest absolute Gasteiger partial charge is 0.476 e. The Morgan fingerprint density at radius 2 is 2.24 bits per heavy atom. The lowest BCUT2D eigenvalue weighted by Gasteiger charge is -1.98. The standard InChI is InChI=1S/C11H8N2O3S/c1-6-13-9(11(15)16)10(17-6)8-3-2-7(5-14)4-12-8/h2-5H,1H3,(H,15,16). The Bertz CT molecular complexity index is 575. The molecule has 0 aliphatic rings. The van der Waals surface area contributed by atoms with Gasteiger partial charge in [-0.05, 0) is 19.1 Å². The van der Waals surface area contributed by atoms with E-state index in [4.69, 9.17) is 5.11 Å². The Hall–Kier alpha value is -2.08. The minimum Gasteiger partial charge on any atom is -0.476 e. The summed E-state index contributed by atoms with van der Waals surface area (Å²) in [7, 11) is 0. The third kappa shape index (κ3) is 2.21. The Balaban J connectivity index is 2.51. The van der Waals surface area contributed by atoms with E-state index in [1.165, 1.54) is 17.5 Å². The van der Waals surface area contributed by atoms with Gasteiger partial charge in [0, 0.05) is 11.8 Å². The average molecular weight is 248 g/mol. The summed E-state index contributed by atoms with van der Waals surface area (Å²) >= 11 is 1.27. The highest BCUT2D eigenvalue weighted by atomic mass is 32.1. The average Bonchev–Trinajstić information content (AvgIpc) is 2.72. The van der Waals surface area contributed by atoms with E-state index in [0.717, 1.165) is 0 Å². The van der Waals surface area contributed by atoms with E-state index >= 15 is 0 Å². The Kier molecular flexibility index (Phi) is 2.97. The van der Waals surface area contributed by atoms with Gasteiger partial charge in [-0.15, -0.1) is 11.3 Å². The summed E-state index contributed by atoms with van der Waals surface area (Å²) in [5, 5.41) is 9.67. The third-order valence-corrected chi connectivity index (χ3v) is 3.09. The van der Waals surface area contributed by atoms with Crippen LogP contribution in [0.5, 0.6) is 0 Å². The number of aryl methyl sites for hydroxylation is 1. The molecule has 0 unspecified atom stereocenters. The molecule has 0 saturated heterocycles. The quantitative estimate of drug-likeness (QED) is 0.840. The molecular weight excluding hydrogens is 240 g/mol. The number of carboxylic acid groups (broad SMARTS) is 1. The van der Waals surface area contributed by atoms with Gasteiger partial charge in [-0.3, -0.25) is 9.78 Å². The first-order chi connectivity index (χ1) is 8.11. The van der Waals surface area contributed by atoms with Gasteiger partial charge in [-0.1, -0.05) is 0 Å². The molecule has 2 aromatic heterocycles. The van der Waals surface area contributed by atoms with E-state index in [1.807, 2.05) is 0 Å². The maximum Gasteiger partial charge on any atom is 0.356 e. The molecule has 0 fully saturated rings. The molecule has 0 amide bonds. The molecule has 0 bridgehead atoms. The van der Waals surface area contributed by atoms with Crippen molar-refractivity contribution >= 4 is 23.6 Å². The molecule has 0 spiro atoms. The lowest BCUT2D eigenvalue weighted by molar-refractivity contribution is 0.0692. The fraction of sp³-hybridized carbons (Fsp3) is 0.0909. The van der Waals surface area contributed by atoms with E-state index in [2.05, 4.69) is 9.97 Å². The highest BCUT2D eigenvalue weighted by Gasteiger charge is 2.18.